The van der Waals surface area contributed by atoms with Gasteiger partial charge in [-0.3, -0.25) is 4.79 Å². The van der Waals surface area contributed by atoms with Crippen LogP contribution in [0.25, 0.3) is 0 Å². The van der Waals surface area contributed by atoms with Crippen LogP contribution in [0.15, 0.2) is 57.4 Å². The van der Waals surface area contributed by atoms with Crippen molar-refractivity contribution in [2.75, 3.05) is 18.4 Å². The number of nitrogens with two attached hydrogens (primary N) is 1. The number of amides is 1. The molecule has 0 bridgehead atoms. The number of nitrogens with one attached hydrogen (secondary N) is 1. The molecule has 1 aromatic heterocycles. The monoisotopic (exact) mass is 472 g/mol. The fourth-order valence-electron chi connectivity index (χ4n) is 2.53. The van der Waals surface area contributed by atoms with Crippen molar-refractivity contribution in [3.63, 3.8) is 0 Å². The zero-order valence-corrected chi connectivity index (χ0v) is 19.2. The maximum atomic E-state index is 12.5. The molecule has 2 aromatic rings. The molecule has 164 valence electrons. The predicted molar refractivity (Wildman–Crippen MR) is 116 cm³/mol. The van der Waals surface area contributed by atoms with Crippen LogP contribution < -0.4 is 10.5 Å². The van der Waals surface area contributed by atoms with E-state index in [0.29, 0.717) is 23.8 Å². The number of aromatic nitrogens is 1. The highest BCUT2D eigenvalue weighted by Crippen LogP contribution is 2.24. The number of nitrogens with zero attached hydrogens (tertiary/aromatic N) is 2. The summed E-state index contributed by atoms with van der Waals surface area (Å²) < 4.78 is 49.2. The van der Waals surface area contributed by atoms with Crippen LogP contribution in [-0.2, 0) is 24.8 Å². The highest BCUT2D eigenvalue weighted by molar-refractivity contribution is 8.00. The molecule has 0 saturated carbocycles. The van der Waals surface area contributed by atoms with Crippen LogP contribution in [0, 0.1) is 0 Å². The summed E-state index contributed by atoms with van der Waals surface area (Å²) in [6.45, 7) is 5.90. The molecule has 0 aliphatic carbocycles. The molecule has 0 aliphatic heterocycles. The first-order valence-electron chi connectivity index (χ1n) is 9.05. The molecular formula is C18H24N4O5S3. The number of sulfonamides is 2. The first-order valence-corrected chi connectivity index (χ1v) is 12.9. The normalized spacial score (nSPS) is 13.2. The Balaban J connectivity index is 2.07. The van der Waals surface area contributed by atoms with E-state index in [-0.39, 0.29) is 15.7 Å². The van der Waals surface area contributed by atoms with Crippen molar-refractivity contribution in [2.24, 2.45) is 5.14 Å². The molecular weight excluding hydrogens is 448 g/mol. The lowest BCUT2D eigenvalue weighted by Crippen LogP contribution is -2.30. The minimum atomic E-state index is -3.88. The number of rotatable bonds is 9. The minimum absolute atomic E-state index is 0.0902. The molecule has 0 saturated heterocycles. The number of carbonyl (C=O) groups excluding carboxylic acids is 1. The third kappa shape index (κ3) is 6.01. The Morgan fingerprint density at radius 3 is 2.33 bits per heavy atom. The van der Waals surface area contributed by atoms with Gasteiger partial charge in [0.15, 0.2) is 0 Å². The van der Waals surface area contributed by atoms with E-state index >= 15 is 0 Å². The third-order valence-corrected chi connectivity index (χ3v) is 8.14. The van der Waals surface area contributed by atoms with Gasteiger partial charge in [-0.1, -0.05) is 31.7 Å². The molecule has 0 radical (unpaired) electrons. The first-order chi connectivity index (χ1) is 14.0. The van der Waals surface area contributed by atoms with Crippen molar-refractivity contribution < 1.29 is 21.6 Å². The molecule has 1 unspecified atom stereocenters. The van der Waals surface area contributed by atoms with Gasteiger partial charge in [0.05, 0.1) is 15.2 Å². The van der Waals surface area contributed by atoms with Gasteiger partial charge in [0.1, 0.15) is 4.90 Å². The highest BCUT2D eigenvalue weighted by Gasteiger charge is 2.22. The number of hydrogen-bond acceptors (Lipinski definition) is 7. The second kappa shape index (κ2) is 9.88. The Labute approximate surface area is 181 Å². The lowest BCUT2D eigenvalue weighted by Gasteiger charge is -2.18. The number of carbonyl (C=O) groups is 1. The molecule has 12 heteroatoms. The zero-order valence-electron chi connectivity index (χ0n) is 16.8. The Hall–Kier alpha value is -1.99. The largest absolute Gasteiger partial charge is 0.325 e. The fraction of sp³-hybridized carbons (Fsp3) is 0.333. The Bertz CT molecular complexity index is 1100. The maximum Gasteiger partial charge on any atom is 0.244 e. The molecule has 30 heavy (non-hydrogen) atoms. The van der Waals surface area contributed by atoms with Crippen LogP contribution in [0.1, 0.15) is 20.8 Å². The Morgan fingerprint density at radius 1 is 1.13 bits per heavy atom. The first kappa shape index (κ1) is 24.3. The van der Waals surface area contributed by atoms with Gasteiger partial charge < -0.3 is 5.32 Å². The summed E-state index contributed by atoms with van der Waals surface area (Å²) in [5.41, 5.74) is 0.299. The minimum Gasteiger partial charge on any atom is -0.325 e. The standard InChI is InChI=1S/C18H24N4O5S3/c1-4-22(5-2)30(26,27)16-9-10-17(20-12-16)28-13(3)18(23)21-14-7-6-8-15(11-14)29(19,24)25/h6-13H,4-5H2,1-3H3,(H,21,23)(H2,19,24,25). The molecule has 1 amide bonds. The number of pyridine rings is 1. The van der Waals surface area contributed by atoms with Crippen molar-refractivity contribution in [3.05, 3.63) is 42.6 Å². The lowest BCUT2D eigenvalue weighted by atomic mass is 10.3. The van der Waals surface area contributed by atoms with Gasteiger partial charge in [-0.25, -0.2) is 27.0 Å². The van der Waals surface area contributed by atoms with Crippen LogP contribution in [0.4, 0.5) is 5.69 Å². The van der Waals surface area contributed by atoms with E-state index in [9.17, 15) is 21.6 Å². The molecule has 0 spiro atoms. The molecule has 1 heterocycles. The third-order valence-electron chi connectivity index (χ3n) is 4.15. The van der Waals surface area contributed by atoms with Gasteiger partial charge in [0, 0.05) is 25.0 Å². The molecule has 1 aromatic carbocycles. The molecule has 2 rings (SSSR count). The number of hydrogen-bond donors (Lipinski definition) is 2. The van der Waals surface area contributed by atoms with Crippen molar-refractivity contribution in [3.8, 4) is 0 Å². The quantitative estimate of drug-likeness (QED) is 0.531. The summed E-state index contributed by atoms with van der Waals surface area (Å²) in [4.78, 5) is 16.6. The molecule has 0 aliphatic rings. The summed E-state index contributed by atoms with van der Waals surface area (Å²) in [5.74, 6) is -0.367. The second-order valence-electron chi connectivity index (χ2n) is 6.24. The number of anilines is 1. The average Bonchev–Trinajstić information content (AvgIpc) is 2.68. The number of thioether (sulfide) groups is 1. The summed E-state index contributed by atoms with van der Waals surface area (Å²) in [5, 5.41) is 7.64. The van der Waals surface area contributed by atoms with Crippen LogP contribution in [0.2, 0.25) is 0 Å². The van der Waals surface area contributed by atoms with Gasteiger partial charge >= 0.3 is 0 Å². The molecule has 1 atom stereocenters. The SMILES string of the molecule is CCN(CC)S(=O)(=O)c1ccc(SC(C)C(=O)Nc2cccc(S(N)(=O)=O)c2)nc1. The van der Waals surface area contributed by atoms with Crippen molar-refractivity contribution in [1.82, 2.24) is 9.29 Å². The predicted octanol–water partition coefficient (Wildman–Crippen LogP) is 1.88. The van der Waals surface area contributed by atoms with E-state index in [1.807, 2.05) is 0 Å². The summed E-state index contributed by atoms with van der Waals surface area (Å²) >= 11 is 1.15. The van der Waals surface area contributed by atoms with Crippen molar-refractivity contribution >= 4 is 43.4 Å². The number of benzene rings is 1. The highest BCUT2D eigenvalue weighted by atomic mass is 32.2. The van der Waals surface area contributed by atoms with Crippen molar-refractivity contribution in [1.29, 1.82) is 0 Å². The smallest absolute Gasteiger partial charge is 0.244 e. The van der Waals surface area contributed by atoms with E-state index in [0.717, 1.165) is 11.8 Å². The maximum absolute atomic E-state index is 12.5. The average molecular weight is 473 g/mol. The number of primary sulfonamides is 1. The van der Waals surface area contributed by atoms with Crippen LogP contribution in [0.3, 0.4) is 0 Å². The summed E-state index contributed by atoms with van der Waals surface area (Å²) in [6.07, 6.45) is 1.27. The van der Waals surface area contributed by atoms with Gasteiger partial charge in [-0.2, -0.15) is 4.31 Å². The van der Waals surface area contributed by atoms with E-state index in [2.05, 4.69) is 10.3 Å². The Kier molecular flexibility index (Phi) is 7.99. The second-order valence-corrected chi connectivity index (χ2v) is 11.1. The van der Waals surface area contributed by atoms with Gasteiger partial charge in [-0.05, 0) is 37.3 Å². The van der Waals surface area contributed by atoms with E-state index in [1.165, 1.54) is 34.8 Å². The summed E-state index contributed by atoms with van der Waals surface area (Å²) in [7, 11) is -7.47. The molecule has 3 N–H and O–H groups in total. The van der Waals surface area contributed by atoms with Crippen molar-refractivity contribution in [2.45, 2.75) is 40.8 Å². The van der Waals surface area contributed by atoms with E-state index in [1.54, 1.807) is 32.9 Å². The van der Waals surface area contributed by atoms with Crippen LogP contribution in [0.5, 0.6) is 0 Å². The van der Waals surface area contributed by atoms with Crippen LogP contribution >= 0.6 is 11.8 Å². The topological polar surface area (TPSA) is 140 Å². The fourth-order valence-corrected chi connectivity index (χ4v) is 5.28. The van der Waals surface area contributed by atoms with E-state index in [4.69, 9.17) is 5.14 Å². The zero-order chi connectivity index (χ0) is 22.5. The van der Waals surface area contributed by atoms with Gasteiger partial charge in [0.25, 0.3) is 0 Å². The summed E-state index contributed by atoms with van der Waals surface area (Å²) in [6, 6.07) is 8.64. The lowest BCUT2D eigenvalue weighted by molar-refractivity contribution is -0.115. The van der Waals surface area contributed by atoms with E-state index < -0.39 is 25.3 Å². The van der Waals surface area contributed by atoms with Gasteiger partial charge in [-0.15, -0.1) is 0 Å². The molecule has 0 fully saturated rings. The van der Waals surface area contributed by atoms with Crippen LogP contribution in [-0.4, -0.2) is 50.4 Å². The molecule has 9 nitrogen and oxygen atoms in total. The van der Waals surface area contributed by atoms with Gasteiger partial charge in [0.2, 0.25) is 26.0 Å². The Morgan fingerprint density at radius 2 is 1.80 bits per heavy atom.